The van der Waals surface area contributed by atoms with Gasteiger partial charge < -0.3 is 14.4 Å². The monoisotopic (exact) mass is 279 g/mol. The van der Waals surface area contributed by atoms with Gasteiger partial charge in [-0.15, -0.1) is 0 Å². The molecule has 0 unspecified atom stereocenters. The Kier molecular flexibility index (Phi) is 6.69. The van der Waals surface area contributed by atoms with Crippen molar-refractivity contribution in [3.05, 3.63) is 0 Å². The number of carbonyl (C=O) groups excluding carboxylic acids is 2. The average molecular weight is 279 g/mol. The molecule has 1 aliphatic heterocycles. The Balaban J connectivity index is 2.41. The van der Waals surface area contributed by atoms with Crippen molar-refractivity contribution in [2.45, 2.75) is 38.2 Å². The van der Waals surface area contributed by atoms with Gasteiger partial charge in [-0.3, -0.25) is 4.79 Å². The van der Waals surface area contributed by atoms with Crippen LogP contribution >= 0.6 is 0 Å². The van der Waals surface area contributed by atoms with Gasteiger partial charge in [-0.2, -0.15) is 0 Å². The molecule has 0 aromatic rings. The molecule has 0 saturated carbocycles. The van der Waals surface area contributed by atoms with E-state index in [1.54, 1.807) is 0 Å². The Labute approximate surface area is 110 Å². The SMILES string of the molecule is COC(=O)[C@H]1CCCCN1C(=O)CCOCC(F)F. The summed E-state index contributed by atoms with van der Waals surface area (Å²) >= 11 is 0. The van der Waals surface area contributed by atoms with Crippen LogP contribution in [0.4, 0.5) is 8.78 Å². The molecule has 1 aliphatic rings. The van der Waals surface area contributed by atoms with E-state index in [2.05, 4.69) is 9.47 Å². The number of amides is 1. The van der Waals surface area contributed by atoms with Gasteiger partial charge in [0.1, 0.15) is 12.6 Å². The fraction of sp³-hybridized carbons (Fsp3) is 0.833. The van der Waals surface area contributed by atoms with Crippen LogP contribution in [0.3, 0.4) is 0 Å². The van der Waals surface area contributed by atoms with Crippen molar-refractivity contribution in [1.82, 2.24) is 4.90 Å². The average Bonchev–Trinajstić information content (AvgIpc) is 2.42. The van der Waals surface area contributed by atoms with Crippen molar-refractivity contribution >= 4 is 11.9 Å². The number of likely N-dealkylation sites (tertiary alicyclic amines) is 1. The molecule has 1 heterocycles. The summed E-state index contributed by atoms with van der Waals surface area (Å²) in [7, 11) is 1.28. The summed E-state index contributed by atoms with van der Waals surface area (Å²) in [5.41, 5.74) is 0. The minimum absolute atomic E-state index is 0.000213. The number of hydrogen-bond donors (Lipinski definition) is 0. The van der Waals surface area contributed by atoms with E-state index >= 15 is 0 Å². The largest absolute Gasteiger partial charge is 0.467 e. The maximum atomic E-state index is 11.9. The molecule has 1 saturated heterocycles. The van der Waals surface area contributed by atoms with E-state index in [0.717, 1.165) is 12.8 Å². The molecule has 0 bridgehead atoms. The van der Waals surface area contributed by atoms with Gasteiger partial charge in [0.05, 0.1) is 20.1 Å². The molecule has 1 amide bonds. The maximum Gasteiger partial charge on any atom is 0.328 e. The van der Waals surface area contributed by atoms with Crippen LogP contribution in [0.2, 0.25) is 0 Å². The fourth-order valence-corrected chi connectivity index (χ4v) is 2.09. The van der Waals surface area contributed by atoms with Crippen LogP contribution in [0, 0.1) is 0 Å². The first-order valence-corrected chi connectivity index (χ1v) is 6.29. The summed E-state index contributed by atoms with van der Waals surface area (Å²) in [6, 6.07) is -0.554. The minimum Gasteiger partial charge on any atom is -0.467 e. The smallest absolute Gasteiger partial charge is 0.328 e. The topological polar surface area (TPSA) is 55.8 Å². The van der Waals surface area contributed by atoms with E-state index in [4.69, 9.17) is 0 Å². The predicted molar refractivity (Wildman–Crippen MR) is 62.8 cm³/mol. The second-order valence-electron chi connectivity index (χ2n) is 4.34. The molecule has 5 nitrogen and oxygen atoms in total. The van der Waals surface area contributed by atoms with Crippen molar-refractivity contribution in [1.29, 1.82) is 0 Å². The van der Waals surface area contributed by atoms with E-state index in [1.165, 1.54) is 12.0 Å². The van der Waals surface area contributed by atoms with Crippen LogP contribution in [-0.2, 0) is 19.1 Å². The summed E-state index contributed by atoms with van der Waals surface area (Å²) in [6.07, 6.45) is -0.257. The van der Waals surface area contributed by atoms with E-state index in [9.17, 15) is 18.4 Å². The van der Waals surface area contributed by atoms with Gasteiger partial charge in [-0.05, 0) is 19.3 Å². The minimum atomic E-state index is -2.53. The fourth-order valence-electron chi connectivity index (χ4n) is 2.09. The first-order valence-electron chi connectivity index (χ1n) is 6.29. The second kappa shape index (κ2) is 8.04. The maximum absolute atomic E-state index is 11.9. The number of piperidine rings is 1. The standard InChI is InChI=1S/C12H19F2NO4/c1-18-12(17)9-4-2-3-6-15(9)11(16)5-7-19-8-10(13)14/h9-10H,2-8H2,1H3/t9-/m1/s1. The van der Waals surface area contributed by atoms with Crippen molar-refractivity contribution in [3.63, 3.8) is 0 Å². The third-order valence-corrected chi connectivity index (χ3v) is 3.00. The predicted octanol–water partition coefficient (Wildman–Crippen LogP) is 1.21. The lowest BCUT2D eigenvalue weighted by molar-refractivity contribution is -0.155. The van der Waals surface area contributed by atoms with Crippen LogP contribution in [0.1, 0.15) is 25.7 Å². The highest BCUT2D eigenvalue weighted by atomic mass is 19.3. The summed E-state index contributed by atoms with van der Waals surface area (Å²) in [5, 5.41) is 0. The Bertz CT molecular complexity index is 312. The number of halogens is 2. The lowest BCUT2D eigenvalue weighted by Gasteiger charge is -2.33. The molecule has 19 heavy (non-hydrogen) atoms. The molecule has 110 valence electrons. The van der Waals surface area contributed by atoms with E-state index in [-0.39, 0.29) is 18.9 Å². The number of carbonyl (C=O) groups is 2. The highest BCUT2D eigenvalue weighted by Gasteiger charge is 2.32. The lowest BCUT2D eigenvalue weighted by Crippen LogP contribution is -2.48. The summed E-state index contributed by atoms with van der Waals surface area (Å²) in [6.45, 7) is -0.241. The number of ether oxygens (including phenoxy) is 2. The molecule has 7 heteroatoms. The molecule has 1 rings (SSSR count). The van der Waals surface area contributed by atoms with Gasteiger partial charge in [-0.25, -0.2) is 13.6 Å². The Morgan fingerprint density at radius 3 is 2.74 bits per heavy atom. The highest BCUT2D eigenvalue weighted by Crippen LogP contribution is 2.19. The van der Waals surface area contributed by atoms with Gasteiger partial charge in [0.2, 0.25) is 5.91 Å². The van der Waals surface area contributed by atoms with Gasteiger partial charge in [0, 0.05) is 6.54 Å². The molecule has 0 radical (unpaired) electrons. The molecule has 0 aromatic heterocycles. The molecule has 0 aliphatic carbocycles. The summed E-state index contributed by atoms with van der Waals surface area (Å²) in [5.74, 6) is -0.689. The molecule has 0 spiro atoms. The second-order valence-corrected chi connectivity index (χ2v) is 4.34. The lowest BCUT2D eigenvalue weighted by atomic mass is 10.0. The molecule has 1 fully saturated rings. The zero-order valence-corrected chi connectivity index (χ0v) is 10.9. The summed E-state index contributed by atoms with van der Waals surface area (Å²) in [4.78, 5) is 24.9. The zero-order valence-electron chi connectivity index (χ0n) is 10.9. The quantitative estimate of drug-likeness (QED) is 0.542. The number of methoxy groups -OCH3 is 1. The molecular weight excluding hydrogens is 260 g/mol. The van der Waals surface area contributed by atoms with E-state index in [0.29, 0.717) is 13.0 Å². The van der Waals surface area contributed by atoms with E-state index in [1.807, 2.05) is 0 Å². The van der Waals surface area contributed by atoms with Crippen LogP contribution in [0.5, 0.6) is 0 Å². The van der Waals surface area contributed by atoms with Crippen molar-refractivity contribution in [2.75, 3.05) is 26.9 Å². The van der Waals surface area contributed by atoms with Crippen molar-refractivity contribution < 1.29 is 27.8 Å². The first kappa shape index (κ1) is 15.8. The molecule has 1 atom stereocenters. The molecule has 0 aromatic carbocycles. The Morgan fingerprint density at radius 2 is 2.11 bits per heavy atom. The highest BCUT2D eigenvalue weighted by molar-refractivity contribution is 5.84. The zero-order chi connectivity index (χ0) is 14.3. The van der Waals surface area contributed by atoms with Crippen LogP contribution in [0.25, 0.3) is 0 Å². The number of hydrogen-bond acceptors (Lipinski definition) is 4. The van der Waals surface area contributed by atoms with E-state index < -0.39 is 25.0 Å². The third kappa shape index (κ3) is 5.10. The molecule has 0 N–H and O–H groups in total. The van der Waals surface area contributed by atoms with Gasteiger partial charge in [0.25, 0.3) is 6.43 Å². The first-order chi connectivity index (χ1) is 9.06. The van der Waals surface area contributed by atoms with Crippen molar-refractivity contribution in [3.8, 4) is 0 Å². The Morgan fingerprint density at radius 1 is 1.37 bits per heavy atom. The third-order valence-electron chi connectivity index (χ3n) is 3.00. The normalized spacial score (nSPS) is 19.6. The number of alkyl halides is 2. The number of rotatable bonds is 6. The summed E-state index contributed by atoms with van der Waals surface area (Å²) < 4.78 is 33.0. The van der Waals surface area contributed by atoms with Gasteiger partial charge in [-0.1, -0.05) is 0 Å². The van der Waals surface area contributed by atoms with Crippen LogP contribution < -0.4 is 0 Å². The van der Waals surface area contributed by atoms with Crippen LogP contribution in [0.15, 0.2) is 0 Å². The van der Waals surface area contributed by atoms with Crippen molar-refractivity contribution in [2.24, 2.45) is 0 Å². The number of esters is 1. The van der Waals surface area contributed by atoms with Crippen LogP contribution in [-0.4, -0.2) is 56.1 Å². The Hall–Kier alpha value is -1.24. The number of nitrogens with zero attached hydrogens (tertiary/aromatic N) is 1. The van der Waals surface area contributed by atoms with Gasteiger partial charge >= 0.3 is 5.97 Å². The molecular formula is C12H19F2NO4. The van der Waals surface area contributed by atoms with Gasteiger partial charge in [0.15, 0.2) is 0 Å².